The number of rotatable bonds is 5. The topological polar surface area (TPSA) is 48.1 Å². The first kappa shape index (κ1) is 12.9. The van der Waals surface area contributed by atoms with E-state index in [1.54, 1.807) is 6.07 Å². The Kier molecular flexibility index (Phi) is 4.68. The van der Waals surface area contributed by atoms with Crippen LogP contribution in [0.5, 0.6) is 5.88 Å². The number of hydrogen-bond acceptors (Lipinski definition) is 3. The molecule has 2 N–H and O–H groups in total. The second-order valence-electron chi connectivity index (χ2n) is 4.28. The van der Waals surface area contributed by atoms with Crippen molar-refractivity contribution in [3.8, 4) is 5.88 Å². The highest BCUT2D eigenvalue weighted by molar-refractivity contribution is 7.80. The van der Waals surface area contributed by atoms with E-state index in [2.05, 4.69) is 18.8 Å². The molecule has 1 atom stereocenters. The first-order chi connectivity index (χ1) is 7.49. The van der Waals surface area contributed by atoms with Crippen LogP contribution >= 0.6 is 12.2 Å². The van der Waals surface area contributed by atoms with Crippen LogP contribution in [-0.4, -0.2) is 16.1 Å². The third kappa shape index (κ3) is 4.14. The monoisotopic (exact) mass is 238 g/mol. The summed E-state index contributed by atoms with van der Waals surface area (Å²) in [4.78, 5) is 4.52. The molecule has 0 saturated heterocycles. The summed E-state index contributed by atoms with van der Waals surface area (Å²) in [5, 5.41) is 0. The summed E-state index contributed by atoms with van der Waals surface area (Å²) in [5.74, 6) is 1.19. The van der Waals surface area contributed by atoms with Gasteiger partial charge in [0.05, 0.1) is 6.10 Å². The Morgan fingerprint density at radius 1 is 1.44 bits per heavy atom. The zero-order chi connectivity index (χ0) is 12.1. The Balaban J connectivity index is 2.66. The Labute approximate surface area is 102 Å². The average Bonchev–Trinajstić information content (AvgIpc) is 2.16. The molecule has 1 rings (SSSR count). The molecule has 0 spiro atoms. The Morgan fingerprint density at radius 3 is 2.69 bits per heavy atom. The van der Waals surface area contributed by atoms with Crippen molar-refractivity contribution >= 4 is 17.2 Å². The number of ether oxygens (including phenoxy) is 1. The van der Waals surface area contributed by atoms with E-state index in [1.807, 2.05) is 19.1 Å². The molecule has 1 unspecified atom stereocenters. The van der Waals surface area contributed by atoms with Crippen molar-refractivity contribution in [1.82, 2.24) is 4.98 Å². The highest BCUT2D eigenvalue weighted by atomic mass is 32.1. The molecule has 3 nitrogen and oxygen atoms in total. The maximum atomic E-state index is 5.69. The lowest BCUT2D eigenvalue weighted by Gasteiger charge is -2.16. The maximum absolute atomic E-state index is 5.69. The van der Waals surface area contributed by atoms with Crippen molar-refractivity contribution in [2.75, 3.05) is 0 Å². The van der Waals surface area contributed by atoms with E-state index < -0.39 is 0 Å². The summed E-state index contributed by atoms with van der Waals surface area (Å²) >= 11 is 4.86. The Hall–Kier alpha value is -1.16. The van der Waals surface area contributed by atoms with Crippen LogP contribution in [0.4, 0.5) is 0 Å². The molecule has 1 aromatic rings. The zero-order valence-corrected chi connectivity index (χ0v) is 10.8. The highest BCUT2D eigenvalue weighted by Gasteiger charge is 2.08. The van der Waals surface area contributed by atoms with Gasteiger partial charge in [0.25, 0.3) is 0 Å². The van der Waals surface area contributed by atoms with Crippen LogP contribution in [0.1, 0.15) is 32.9 Å². The molecule has 88 valence electrons. The van der Waals surface area contributed by atoms with Crippen LogP contribution in [0, 0.1) is 5.92 Å². The van der Waals surface area contributed by atoms with Crippen LogP contribution in [0.25, 0.3) is 0 Å². The molecular formula is C12H18N2OS. The SMILES string of the molecule is CC(C)CC(C)Oc1cccc(C(N)=S)n1. The lowest BCUT2D eigenvalue weighted by molar-refractivity contribution is 0.185. The second-order valence-corrected chi connectivity index (χ2v) is 4.72. The van der Waals surface area contributed by atoms with Crippen LogP contribution in [0.15, 0.2) is 18.2 Å². The molecule has 0 aliphatic rings. The minimum atomic E-state index is 0.147. The van der Waals surface area contributed by atoms with E-state index in [-0.39, 0.29) is 6.10 Å². The molecule has 0 saturated carbocycles. The van der Waals surface area contributed by atoms with Gasteiger partial charge in [0, 0.05) is 6.07 Å². The fraction of sp³-hybridized carbons (Fsp3) is 0.500. The predicted molar refractivity (Wildman–Crippen MR) is 69.7 cm³/mol. The number of hydrogen-bond donors (Lipinski definition) is 1. The Morgan fingerprint density at radius 2 is 2.12 bits per heavy atom. The minimum absolute atomic E-state index is 0.147. The van der Waals surface area contributed by atoms with Gasteiger partial charge < -0.3 is 10.5 Å². The molecule has 1 heterocycles. The fourth-order valence-corrected chi connectivity index (χ4v) is 1.65. The van der Waals surface area contributed by atoms with Crippen molar-refractivity contribution < 1.29 is 4.74 Å². The lowest BCUT2D eigenvalue weighted by Crippen LogP contribution is -2.17. The van der Waals surface area contributed by atoms with Crippen LogP contribution < -0.4 is 10.5 Å². The Bertz CT molecular complexity index is 366. The molecule has 1 aromatic heterocycles. The van der Waals surface area contributed by atoms with Crippen molar-refractivity contribution in [2.45, 2.75) is 33.3 Å². The molecule has 0 aliphatic heterocycles. The second kappa shape index (κ2) is 5.80. The van der Waals surface area contributed by atoms with Crippen molar-refractivity contribution in [2.24, 2.45) is 11.7 Å². The predicted octanol–water partition coefficient (Wildman–Crippen LogP) is 2.53. The van der Waals surface area contributed by atoms with Gasteiger partial charge >= 0.3 is 0 Å². The van der Waals surface area contributed by atoms with Gasteiger partial charge in [-0.15, -0.1) is 0 Å². The summed E-state index contributed by atoms with van der Waals surface area (Å²) in [6.45, 7) is 6.37. The van der Waals surface area contributed by atoms with Crippen molar-refractivity contribution in [1.29, 1.82) is 0 Å². The molecule has 0 aromatic carbocycles. The highest BCUT2D eigenvalue weighted by Crippen LogP contribution is 2.13. The van der Waals surface area contributed by atoms with Gasteiger partial charge in [-0.2, -0.15) is 0 Å². The maximum Gasteiger partial charge on any atom is 0.214 e. The quantitative estimate of drug-likeness (QED) is 0.801. The molecular weight excluding hydrogens is 220 g/mol. The van der Waals surface area contributed by atoms with Crippen molar-refractivity contribution in [3.63, 3.8) is 0 Å². The number of nitrogens with two attached hydrogens (primary N) is 1. The smallest absolute Gasteiger partial charge is 0.214 e. The van der Waals surface area contributed by atoms with Gasteiger partial charge in [-0.25, -0.2) is 4.98 Å². The first-order valence-electron chi connectivity index (χ1n) is 5.42. The molecule has 4 heteroatoms. The third-order valence-electron chi connectivity index (χ3n) is 2.10. The van der Waals surface area contributed by atoms with Gasteiger partial charge in [0.1, 0.15) is 10.7 Å². The van der Waals surface area contributed by atoms with Gasteiger partial charge in [-0.05, 0) is 25.3 Å². The van der Waals surface area contributed by atoms with Gasteiger partial charge in [0.2, 0.25) is 5.88 Å². The van der Waals surface area contributed by atoms with Gasteiger partial charge in [-0.1, -0.05) is 32.1 Å². The third-order valence-corrected chi connectivity index (χ3v) is 2.31. The van der Waals surface area contributed by atoms with Gasteiger partial charge in [0.15, 0.2) is 0 Å². The number of aromatic nitrogens is 1. The van der Waals surface area contributed by atoms with E-state index >= 15 is 0 Å². The van der Waals surface area contributed by atoms with E-state index in [0.29, 0.717) is 22.5 Å². The average molecular weight is 238 g/mol. The van der Waals surface area contributed by atoms with Gasteiger partial charge in [-0.3, -0.25) is 0 Å². The molecule has 0 radical (unpaired) electrons. The summed E-state index contributed by atoms with van der Waals surface area (Å²) < 4.78 is 5.69. The van der Waals surface area contributed by atoms with E-state index in [1.165, 1.54) is 0 Å². The van der Waals surface area contributed by atoms with Crippen LogP contribution in [0.2, 0.25) is 0 Å². The van der Waals surface area contributed by atoms with Crippen LogP contribution in [0.3, 0.4) is 0 Å². The fourth-order valence-electron chi connectivity index (χ4n) is 1.54. The summed E-state index contributed by atoms with van der Waals surface area (Å²) in [5.41, 5.74) is 6.11. The van der Waals surface area contributed by atoms with E-state index in [9.17, 15) is 0 Å². The van der Waals surface area contributed by atoms with E-state index in [4.69, 9.17) is 22.7 Å². The van der Waals surface area contributed by atoms with Crippen LogP contribution in [-0.2, 0) is 0 Å². The normalized spacial score (nSPS) is 12.5. The minimum Gasteiger partial charge on any atom is -0.475 e. The standard InChI is InChI=1S/C12H18N2OS/c1-8(2)7-9(3)15-11-6-4-5-10(14-11)12(13)16/h4-6,8-9H,7H2,1-3H3,(H2,13,16). The summed E-state index contributed by atoms with van der Waals surface area (Å²) in [7, 11) is 0. The number of thiocarbonyl (C=S) groups is 1. The number of nitrogens with zero attached hydrogens (tertiary/aromatic N) is 1. The molecule has 0 fully saturated rings. The largest absolute Gasteiger partial charge is 0.475 e. The first-order valence-corrected chi connectivity index (χ1v) is 5.83. The lowest BCUT2D eigenvalue weighted by atomic mass is 10.1. The summed E-state index contributed by atoms with van der Waals surface area (Å²) in [6.07, 6.45) is 1.15. The zero-order valence-electron chi connectivity index (χ0n) is 9.93. The molecule has 16 heavy (non-hydrogen) atoms. The molecule has 0 aliphatic carbocycles. The van der Waals surface area contributed by atoms with E-state index in [0.717, 1.165) is 6.42 Å². The molecule has 0 bridgehead atoms. The molecule has 0 amide bonds. The summed E-state index contributed by atoms with van der Waals surface area (Å²) in [6, 6.07) is 5.44. The number of pyridine rings is 1. The van der Waals surface area contributed by atoms with Crippen molar-refractivity contribution in [3.05, 3.63) is 23.9 Å².